The molecule has 3 aromatic heterocycles. The second-order valence-corrected chi connectivity index (χ2v) is 6.69. The minimum absolute atomic E-state index is 0.0250. The first-order chi connectivity index (χ1) is 15.4. The highest BCUT2D eigenvalue weighted by Crippen LogP contribution is 2.25. The number of halogens is 1. The van der Waals surface area contributed by atoms with Crippen LogP contribution in [0.5, 0.6) is 5.75 Å². The van der Waals surface area contributed by atoms with E-state index in [-0.39, 0.29) is 17.3 Å². The fourth-order valence-corrected chi connectivity index (χ4v) is 3.09. The number of imidazole rings is 1. The molecule has 2 amide bonds. The molecule has 11 heteroatoms. The van der Waals surface area contributed by atoms with Crippen LogP contribution < -0.4 is 15.0 Å². The number of hydrogen-bond donors (Lipinski definition) is 2. The van der Waals surface area contributed by atoms with Crippen LogP contribution in [0, 0.1) is 5.82 Å². The van der Waals surface area contributed by atoms with Gasteiger partial charge in [0.25, 0.3) is 5.91 Å². The van der Waals surface area contributed by atoms with E-state index in [4.69, 9.17) is 9.84 Å². The zero-order valence-corrected chi connectivity index (χ0v) is 17.0. The van der Waals surface area contributed by atoms with Crippen LogP contribution in [0.4, 0.5) is 20.7 Å². The summed E-state index contributed by atoms with van der Waals surface area (Å²) in [6, 6.07) is 8.88. The van der Waals surface area contributed by atoms with Gasteiger partial charge in [0.2, 0.25) is 0 Å². The molecule has 0 aliphatic rings. The van der Waals surface area contributed by atoms with Crippen LogP contribution in [0.25, 0.3) is 16.7 Å². The van der Waals surface area contributed by atoms with Crippen molar-refractivity contribution in [1.29, 1.82) is 0 Å². The topological polar surface area (TPSA) is 122 Å². The molecule has 0 atom stereocenters. The molecular weight excluding hydrogens is 419 g/mol. The Hall–Kier alpha value is -4.54. The lowest BCUT2D eigenvalue weighted by Crippen LogP contribution is -2.27. The zero-order chi connectivity index (χ0) is 22.8. The van der Waals surface area contributed by atoms with Gasteiger partial charge in [0, 0.05) is 18.8 Å². The van der Waals surface area contributed by atoms with Gasteiger partial charge in [-0.25, -0.2) is 24.1 Å². The SMILES string of the molecule is COc1cc(N(C)C(=O)c2cc3c(cn2)ncn3-c2ccc(NC(=O)O)nc2)ccc1F. The quantitative estimate of drug-likeness (QED) is 0.492. The van der Waals surface area contributed by atoms with E-state index in [1.54, 1.807) is 30.1 Å². The molecule has 1 aromatic carbocycles. The molecule has 0 saturated carbocycles. The highest BCUT2D eigenvalue weighted by Gasteiger charge is 2.18. The number of hydrogen-bond acceptors (Lipinski definition) is 6. The summed E-state index contributed by atoms with van der Waals surface area (Å²) >= 11 is 0. The first-order valence-corrected chi connectivity index (χ1v) is 9.28. The lowest BCUT2D eigenvalue weighted by molar-refractivity contribution is 0.0988. The Labute approximate surface area is 180 Å². The van der Waals surface area contributed by atoms with Crippen molar-refractivity contribution in [2.24, 2.45) is 0 Å². The van der Waals surface area contributed by atoms with Gasteiger partial charge in [-0.1, -0.05) is 0 Å². The number of amides is 2. The number of carbonyl (C=O) groups is 2. The maximum absolute atomic E-state index is 13.7. The van der Waals surface area contributed by atoms with Gasteiger partial charge >= 0.3 is 6.09 Å². The van der Waals surface area contributed by atoms with Crippen LogP contribution >= 0.6 is 0 Å². The third-order valence-electron chi connectivity index (χ3n) is 4.74. The van der Waals surface area contributed by atoms with E-state index in [0.29, 0.717) is 22.4 Å². The Bertz CT molecular complexity index is 1320. The third-order valence-corrected chi connectivity index (χ3v) is 4.74. The van der Waals surface area contributed by atoms with Crippen LogP contribution in [0.1, 0.15) is 10.5 Å². The van der Waals surface area contributed by atoms with Crippen molar-refractivity contribution >= 4 is 34.5 Å². The first-order valence-electron chi connectivity index (χ1n) is 9.28. The molecule has 162 valence electrons. The maximum atomic E-state index is 13.7. The van der Waals surface area contributed by atoms with Crippen molar-refractivity contribution in [3.63, 3.8) is 0 Å². The number of nitrogens with zero attached hydrogens (tertiary/aromatic N) is 5. The highest BCUT2D eigenvalue weighted by atomic mass is 19.1. The Morgan fingerprint density at radius 2 is 1.94 bits per heavy atom. The zero-order valence-electron chi connectivity index (χ0n) is 17.0. The first kappa shape index (κ1) is 20.7. The number of fused-ring (bicyclic) bond motifs is 1. The molecule has 0 fully saturated rings. The summed E-state index contributed by atoms with van der Waals surface area (Å²) in [5, 5.41) is 10.9. The fourth-order valence-electron chi connectivity index (χ4n) is 3.09. The summed E-state index contributed by atoms with van der Waals surface area (Å²) in [6.07, 6.45) is 3.30. The summed E-state index contributed by atoms with van der Waals surface area (Å²) < 4.78 is 20.4. The van der Waals surface area contributed by atoms with Crippen molar-refractivity contribution in [2.45, 2.75) is 0 Å². The van der Waals surface area contributed by atoms with E-state index >= 15 is 0 Å². The molecule has 4 rings (SSSR count). The summed E-state index contributed by atoms with van der Waals surface area (Å²) in [5.74, 6) is -0.734. The van der Waals surface area contributed by atoms with E-state index in [0.717, 1.165) is 0 Å². The Kier molecular flexibility index (Phi) is 5.37. The van der Waals surface area contributed by atoms with E-state index in [9.17, 15) is 14.0 Å². The molecule has 10 nitrogen and oxygen atoms in total. The van der Waals surface area contributed by atoms with E-state index in [1.165, 1.54) is 48.7 Å². The number of pyridine rings is 2. The van der Waals surface area contributed by atoms with Crippen LogP contribution in [0.15, 0.2) is 55.1 Å². The van der Waals surface area contributed by atoms with Crippen molar-refractivity contribution in [1.82, 2.24) is 19.5 Å². The van der Waals surface area contributed by atoms with Gasteiger partial charge in [0.05, 0.1) is 30.7 Å². The largest absolute Gasteiger partial charge is 0.494 e. The summed E-state index contributed by atoms with van der Waals surface area (Å²) in [4.78, 5) is 37.6. The lowest BCUT2D eigenvalue weighted by Gasteiger charge is -2.18. The van der Waals surface area contributed by atoms with E-state index in [2.05, 4.69) is 20.3 Å². The Morgan fingerprint density at radius 3 is 2.62 bits per heavy atom. The third kappa shape index (κ3) is 3.90. The second kappa shape index (κ2) is 8.30. The van der Waals surface area contributed by atoms with Gasteiger partial charge in [-0.15, -0.1) is 0 Å². The number of rotatable bonds is 5. The molecule has 0 radical (unpaired) electrons. The average Bonchev–Trinajstić information content (AvgIpc) is 3.22. The number of ether oxygens (including phenoxy) is 1. The van der Waals surface area contributed by atoms with Crippen molar-refractivity contribution in [2.75, 3.05) is 24.4 Å². The standard InChI is InChI=1S/C21H17FN6O4/c1-27(12-3-5-14(22)18(7-12)32-2)20(29)15-8-17-16(10-23-15)25-11-28(17)13-4-6-19(24-9-13)26-21(30)31/h3-11H,1-2H3,(H,24,26)(H,30,31). The number of benzene rings is 1. The Balaban J connectivity index is 1.66. The smallest absolute Gasteiger partial charge is 0.410 e. The second-order valence-electron chi connectivity index (χ2n) is 6.69. The molecule has 3 heterocycles. The average molecular weight is 436 g/mol. The molecule has 0 aliphatic heterocycles. The van der Waals surface area contributed by atoms with Crippen LogP contribution in [-0.2, 0) is 0 Å². The normalized spacial score (nSPS) is 10.7. The minimum atomic E-state index is -1.21. The number of aromatic nitrogens is 4. The van der Waals surface area contributed by atoms with Crippen LogP contribution in [0.2, 0.25) is 0 Å². The predicted molar refractivity (Wildman–Crippen MR) is 114 cm³/mol. The minimum Gasteiger partial charge on any atom is -0.494 e. The number of carbonyl (C=O) groups excluding carboxylic acids is 1. The van der Waals surface area contributed by atoms with Crippen molar-refractivity contribution in [3.8, 4) is 11.4 Å². The monoisotopic (exact) mass is 436 g/mol. The van der Waals surface area contributed by atoms with E-state index in [1.807, 2.05) is 0 Å². The summed E-state index contributed by atoms with van der Waals surface area (Å²) in [7, 11) is 2.90. The van der Waals surface area contributed by atoms with Gasteiger partial charge in [0.15, 0.2) is 11.6 Å². The highest BCUT2D eigenvalue weighted by molar-refractivity contribution is 6.05. The number of carboxylic acid groups (broad SMARTS) is 1. The molecule has 2 N–H and O–H groups in total. The number of methoxy groups -OCH3 is 1. The molecular formula is C21H17FN6O4. The van der Waals surface area contributed by atoms with Gasteiger partial charge in [-0.3, -0.25) is 14.7 Å². The molecule has 0 aliphatic carbocycles. The van der Waals surface area contributed by atoms with Crippen molar-refractivity contribution in [3.05, 3.63) is 66.6 Å². The van der Waals surface area contributed by atoms with Gasteiger partial charge in [0.1, 0.15) is 23.4 Å². The molecule has 0 unspecified atom stereocenters. The molecule has 4 aromatic rings. The molecule has 0 spiro atoms. The van der Waals surface area contributed by atoms with Gasteiger partial charge in [-0.2, -0.15) is 0 Å². The van der Waals surface area contributed by atoms with Gasteiger partial charge in [-0.05, 0) is 30.3 Å². The molecule has 0 bridgehead atoms. The van der Waals surface area contributed by atoms with Crippen LogP contribution in [0.3, 0.4) is 0 Å². The lowest BCUT2D eigenvalue weighted by atomic mass is 10.2. The fraction of sp³-hybridized carbons (Fsp3) is 0.0952. The van der Waals surface area contributed by atoms with Crippen LogP contribution in [-0.4, -0.2) is 50.8 Å². The predicted octanol–water partition coefficient (Wildman–Crippen LogP) is 3.33. The molecule has 0 saturated heterocycles. The van der Waals surface area contributed by atoms with Gasteiger partial charge < -0.3 is 14.7 Å². The summed E-state index contributed by atoms with van der Waals surface area (Å²) in [5.41, 5.74) is 2.37. The number of nitrogens with one attached hydrogen (secondary N) is 1. The molecule has 32 heavy (non-hydrogen) atoms. The van der Waals surface area contributed by atoms with Crippen molar-refractivity contribution < 1.29 is 23.8 Å². The summed E-state index contributed by atoms with van der Waals surface area (Å²) in [6.45, 7) is 0. The maximum Gasteiger partial charge on any atom is 0.410 e. The number of anilines is 2. The Morgan fingerprint density at radius 1 is 1.12 bits per heavy atom. The van der Waals surface area contributed by atoms with E-state index < -0.39 is 17.8 Å².